The summed E-state index contributed by atoms with van der Waals surface area (Å²) in [6, 6.07) is 12.9. The fourth-order valence-electron chi connectivity index (χ4n) is 2.83. The lowest BCUT2D eigenvalue weighted by Crippen LogP contribution is -2.18. The minimum atomic E-state index is -0.861. The summed E-state index contributed by atoms with van der Waals surface area (Å²) in [5.74, 6) is -1.60. The van der Waals surface area contributed by atoms with E-state index >= 15 is 0 Å². The number of furan rings is 2. The predicted molar refractivity (Wildman–Crippen MR) is 93.2 cm³/mol. The highest BCUT2D eigenvalue weighted by Gasteiger charge is 2.21. The molecule has 0 aliphatic rings. The quantitative estimate of drug-likeness (QED) is 0.586. The average molecular weight is 352 g/mol. The van der Waals surface area contributed by atoms with E-state index in [-0.39, 0.29) is 28.8 Å². The Morgan fingerprint density at radius 1 is 1.04 bits per heavy atom. The monoisotopic (exact) mass is 352 g/mol. The van der Waals surface area contributed by atoms with Crippen LogP contribution in [0.1, 0.15) is 16.3 Å². The molecule has 0 unspecified atom stereocenters. The van der Waals surface area contributed by atoms with Crippen LogP contribution in [-0.4, -0.2) is 11.8 Å². The van der Waals surface area contributed by atoms with Crippen LogP contribution in [-0.2, 0) is 11.2 Å². The summed E-state index contributed by atoms with van der Waals surface area (Å²) < 4.78 is 24.5. The van der Waals surface area contributed by atoms with E-state index in [1.807, 2.05) is 18.2 Å². The predicted octanol–water partition coefficient (Wildman–Crippen LogP) is 3.60. The third-order valence-electron chi connectivity index (χ3n) is 3.95. The Hall–Kier alpha value is -3.61. The van der Waals surface area contributed by atoms with Gasteiger partial charge in [-0.05, 0) is 30.3 Å². The number of fused-ring (bicyclic) bond motifs is 2. The van der Waals surface area contributed by atoms with Gasteiger partial charge in [0.05, 0.1) is 6.42 Å². The third-order valence-corrected chi connectivity index (χ3v) is 3.95. The largest absolute Gasteiger partial charge is 0.461 e. The summed E-state index contributed by atoms with van der Waals surface area (Å²) in [5, 5.41) is 3.71. The van der Waals surface area contributed by atoms with Crippen LogP contribution in [0.3, 0.4) is 0 Å². The minimum Gasteiger partial charge on any atom is -0.461 e. The molecule has 0 radical (unpaired) electrons. The van der Waals surface area contributed by atoms with Gasteiger partial charge in [0, 0.05) is 10.8 Å². The van der Waals surface area contributed by atoms with Crippen LogP contribution < -0.4 is 11.1 Å². The molecule has 0 saturated heterocycles. The third kappa shape index (κ3) is 2.79. The van der Waals surface area contributed by atoms with Gasteiger partial charge in [-0.25, -0.2) is 4.39 Å². The molecule has 4 aromatic rings. The molecule has 6 nitrogen and oxygen atoms in total. The molecule has 130 valence electrons. The molecule has 0 aliphatic heterocycles. The number of para-hydroxylation sites is 1. The van der Waals surface area contributed by atoms with Crippen molar-refractivity contribution in [1.29, 1.82) is 0 Å². The molecular weight excluding hydrogens is 339 g/mol. The van der Waals surface area contributed by atoms with Crippen molar-refractivity contribution in [2.45, 2.75) is 6.42 Å². The van der Waals surface area contributed by atoms with Crippen molar-refractivity contribution >= 4 is 39.4 Å². The first-order chi connectivity index (χ1) is 12.5. The molecule has 26 heavy (non-hydrogen) atoms. The average Bonchev–Trinajstić information content (AvgIpc) is 3.15. The maximum Gasteiger partial charge on any atom is 0.286 e. The van der Waals surface area contributed by atoms with Crippen LogP contribution >= 0.6 is 0 Å². The molecule has 2 heterocycles. The van der Waals surface area contributed by atoms with Gasteiger partial charge >= 0.3 is 0 Å². The van der Waals surface area contributed by atoms with Crippen molar-refractivity contribution in [2.75, 3.05) is 5.32 Å². The Balaban J connectivity index is 1.65. The number of carbonyl (C=O) groups is 2. The van der Waals surface area contributed by atoms with E-state index in [4.69, 9.17) is 14.6 Å². The number of amides is 2. The van der Waals surface area contributed by atoms with Gasteiger partial charge < -0.3 is 19.9 Å². The van der Waals surface area contributed by atoms with Gasteiger partial charge in [0.2, 0.25) is 11.7 Å². The van der Waals surface area contributed by atoms with Crippen LogP contribution in [0, 0.1) is 5.82 Å². The molecule has 0 fully saturated rings. The molecule has 0 aliphatic carbocycles. The smallest absolute Gasteiger partial charge is 0.286 e. The van der Waals surface area contributed by atoms with Gasteiger partial charge in [0.15, 0.2) is 0 Å². The number of carbonyl (C=O) groups excluding carboxylic acids is 2. The highest BCUT2D eigenvalue weighted by Crippen LogP contribution is 2.31. The number of hydrogen-bond acceptors (Lipinski definition) is 4. The van der Waals surface area contributed by atoms with Crippen molar-refractivity contribution in [2.24, 2.45) is 5.73 Å². The van der Waals surface area contributed by atoms with Gasteiger partial charge in [-0.1, -0.05) is 18.2 Å². The van der Waals surface area contributed by atoms with E-state index < -0.39 is 17.6 Å². The molecule has 4 rings (SSSR count). The lowest BCUT2D eigenvalue weighted by molar-refractivity contribution is -0.115. The summed E-state index contributed by atoms with van der Waals surface area (Å²) in [6.45, 7) is 0. The fraction of sp³-hybridized carbons (Fsp3) is 0.0526. The van der Waals surface area contributed by atoms with Crippen molar-refractivity contribution in [3.8, 4) is 0 Å². The molecule has 2 amide bonds. The number of nitrogens with two attached hydrogens (primary N) is 1. The highest BCUT2D eigenvalue weighted by molar-refractivity contribution is 6.10. The highest BCUT2D eigenvalue weighted by atomic mass is 19.1. The molecule has 3 N–H and O–H groups in total. The second-order valence-electron chi connectivity index (χ2n) is 5.79. The van der Waals surface area contributed by atoms with Crippen LogP contribution in [0.4, 0.5) is 10.1 Å². The zero-order chi connectivity index (χ0) is 18.3. The number of rotatable bonds is 4. The number of anilines is 1. The number of nitrogens with one attached hydrogen (secondary N) is 1. The lowest BCUT2D eigenvalue weighted by Gasteiger charge is -2.03. The van der Waals surface area contributed by atoms with Crippen molar-refractivity contribution in [3.05, 3.63) is 65.9 Å². The normalized spacial score (nSPS) is 11.1. The van der Waals surface area contributed by atoms with E-state index in [0.29, 0.717) is 11.3 Å². The minimum absolute atomic E-state index is 0.0492. The first-order valence-electron chi connectivity index (χ1n) is 7.80. The number of halogens is 1. The first-order valence-corrected chi connectivity index (χ1v) is 7.80. The van der Waals surface area contributed by atoms with Crippen LogP contribution in [0.15, 0.2) is 57.4 Å². The standard InChI is InChI=1S/C19H13FN2O4/c20-11-5-6-15-13(8-11)17(18(26-15)19(21)24)22-16(23)9-12-7-10-3-1-2-4-14(10)25-12/h1-8H,9H2,(H2,21,24)(H,22,23). The SMILES string of the molecule is NC(=O)c1oc2ccc(F)cc2c1NC(=O)Cc1cc2ccccc2o1. The Kier molecular flexibility index (Phi) is 3.69. The topological polar surface area (TPSA) is 98.5 Å². The lowest BCUT2D eigenvalue weighted by atomic mass is 10.2. The van der Waals surface area contributed by atoms with Crippen molar-refractivity contribution in [1.82, 2.24) is 0 Å². The first kappa shape index (κ1) is 15.9. The summed E-state index contributed by atoms with van der Waals surface area (Å²) in [4.78, 5) is 24.0. The Morgan fingerprint density at radius 2 is 1.85 bits per heavy atom. The van der Waals surface area contributed by atoms with Gasteiger partial charge in [0.25, 0.3) is 5.91 Å². The molecule has 7 heteroatoms. The van der Waals surface area contributed by atoms with E-state index in [2.05, 4.69) is 5.32 Å². The Labute approximate surface area is 146 Å². The maximum atomic E-state index is 13.5. The number of hydrogen-bond donors (Lipinski definition) is 2. The van der Waals surface area contributed by atoms with E-state index in [0.717, 1.165) is 5.39 Å². The molecule has 2 aromatic carbocycles. The number of primary amides is 1. The molecule has 2 aromatic heterocycles. The molecule has 0 spiro atoms. The van der Waals surface area contributed by atoms with E-state index in [9.17, 15) is 14.0 Å². The van der Waals surface area contributed by atoms with Gasteiger partial charge in [-0.15, -0.1) is 0 Å². The fourth-order valence-corrected chi connectivity index (χ4v) is 2.83. The van der Waals surface area contributed by atoms with Crippen molar-refractivity contribution in [3.63, 3.8) is 0 Å². The zero-order valence-corrected chi connectivity index (χ0v) is 13.4. The second kappa shape index (κ2) is 6.03. The summed E-state index contributed by atoms with van der Waals surface area (Å²) in [6.07, 6.45) is -0.0606. The van der Waals surface area contributed by atoms with Crippen LogP contribution in [0.25, 0.3) is 21.9 Å². The Bertz CT molecular complexity index is 1130. The van der Waals surface area contributed by atoms with Crippen LogP contribution in [0.5, 0.6) is 0 Å². The molecule has 0 bridgehead atoms. The molecular formula is C19H13FN2O4. The summed E-state index contributed by atoms with van der Waals surface area (Å²) in [5.41, 5.74) is 6.27. The second-order valence-corrected chi connectivity index (χ2v) is 5.79. The zero-order valence-electron chi connectivity index (χ0n) is 13.4. The van der Waals surface area contributed by atoms with Crippen molar-refractivity contribution < 1.29 is 22.8 Å². The Morgan fingerprint density at radius 3 is 2.62 bits per heavy atom. The van der Waals surface area contributed by atoms with Gasteiger partial charge in [0.1, 0.15) is 28.4 Å². The van der Waals surface area contributed by atoms with Gasteiger partial charge in [-0.2, -0.15) is 0 Å². The van der Waals surface area contributed by atoms with Gasteiger partial charge in [-0.3, -0.25) is 9.59 Å². The maximum absolute atomic E-state index is 13.5. The summed E-state index contributed by atoms with van der Waals surface area (Å²) >= 11 is 0. The summed E-state index contributed by atoms with van der Waals surface area (Å²) in [7, 11) is 0. The van der Waals surface area contributed by atoms with E-state index in [1.165, 1.54) is 18.2 Å². The molecule has 0 atom stereocenters. The van der Waals surface area contributed by atoms with E-state index in [1.54, 1.807) is 12.1 Å². The van der Waals surface area contributed by atoms with Crippen LogP contribution in [0.2, 0.25) is 0 Å². The molecule has 0 saturated carbocycles. The number of benzene rings is 2.